The van der Waals surface area contributed by atoms with Gasteiger partial charge in [-0.1, -0.05) is 36.4 Å². The molecular formula is C12H9ClS. The maximum atomic E-state index is 5.81. The SMILES string of the molecule is C=C(c1ccc(Cl)cc1)c1cccs1. The average Bonchev–Trinajstić information content (AvgIpc) is 2.71. The monoisotopic (exact) mass is 220 g/mol. The van der Waals surface area contributed by atoms with Gasteiger partial charge in [0.1, 0.15) is 0 Å². The lowest BCUT2D eigenvalue weighted by atomic mass is 10.1. The average molecular weight is 221 g/mol. The summed E-state index contributed by atoms with van der Waals surface area (Å²) in [7, 11) is 0. The van der Waals surface area contributed by atoms with Crippen molar-refractivity contribution in [2.24, 2.45) is 0 Å². The van der Waals surface area contributed by atoms with Gasteiger partial charge in [-0.15, -0.1) is 11.3 Å². The Kier molecular flexibility index (Phi) is 2.71. The standard InChI is InChI=1S/C12H9ClS/c1-9(12-3-2-8-14-12)10-4-6-11(13)7-5-10/h2-8H,1H2. The van der Waals surface area contributed by atoms with Crippen LogP contribution >= 0.6 is 22.9 Å². The minimum atomic E-state index is 0.757. The molecule has 0 saturated heterocycles. The normalized spacial score (nSPS) is 10.1. The van der Waals surface area contributed by atoms with E-state index in [2.05, 4.69) is 18.0 Å². The minimum Gasteiger partial charge on any atom is -0.144 e. The molecule has 0 N–H and O–H groups in total. The molecule has 70 valence electrons. The zero-order chi connectivity index (χ0) is 9.97. The zero-order valence-electron chi connectivity index (χ0n) is 7.53. The van der Waals surface area contributed by atoms with Crippen molar-refractivity contribution < 1.29 is 0 Å². The molecule has 14 heavy (non-hydrogen) atoms. The maximum Gasteiger partial charge on any atom is 0.0406 e. The van der Waals surface area contributed by atoms with Crippen molar-refractivity contribution >= 4 is 28.5 Å². The van der Waals surface area contributed by atoms with Gasteiger partial charge in [0.05, 0.1) is 0 Å². The fraction of sp³-hybridized carbons (Fsp3) is 0. The third kappa shape index (κ3) is 1.89. The summed E-state index contributed by atoms with van der Waals surface area (Å²) in [4.78, 5) is 1.20. The summed E-state index contributed by atoms with van der Waals surface area (Å²) in [5, 5.41) is 2.81. The fourth-order valence-corrected chi connectivity index (χ4v) is 2.09. The zero-order valence-corrected chi connectivity index (χ0v) is 9.11. The molecule has 2 heteroatoms. The van der Waals surface area contributed by atoms with Crippen molar-refractivity contribution in [1.29, 1.82) is 0 Å². The van der Waals surface area contributed by atoms with Crippen LogP contribution in [0.3, 0.4) is 0 Å². The van der Waals surface area contributed by atoms with Crippen molar-refractivity contribution in [3.8, 4) is 0 Å². The molecule has 0 amide bonds. The Morgan fingerprint density at radius 2 is 1.86 bits per heavy atom. The topological polar surface area (TPSA) is 0 Å². The van der Waals surface area contributed by atoms with Crippen LogP contribution in [-0.4, -0.2) is 0 Å². The first-order chi connectivity index (χ1) is 6.77. The van der Waals surface area contributed by atoms with E-state index >= 15 is 0 Å². The molecule has 0 unspecified atom stereocenters. The highest BCUT2D eigenvalue weighted by Gasteiger charge is 2.02. The summed E-state index contributed by atoms with van der Waals surface area (Å²) in [6, 6.07) is 11.9. The van der Waals surface area contributed by atoms with Crippen molar-refractivity contribution in [1.82, 2.24) is 0 Å². The van der Waals surface area contributed by atoms with Gasteiger partial charge in [-0.25, -0.2) is 0 Å². The summed E-state index contributed by atoms with van der Waals surface area (Å²) in [6.07, 6.45) is 0. The lowest BCUT2D eigenvalue weighted by Crippen LogP contribution is -1.81. The van der Waals surface area contributed by atoms with Crippen molar-refractivity contribution in [2.75, 3.05) is 0 Å². The number of rotatable bonds is 2. The lowest BCUT2D eigenvalue weighted by Gasteiger charge is -2.02. The van der Waals surface area contributed by atoms with Crippen LogP contribution in [0.1, 0.15) is 10.4 Å². The number of hydrogen-bond donors (Lipinski definition) is 0. The molecular weight excluding hydrogens is 212 g/mol. The molecule has 0 aliphatic carbocycles. The van der Waals surface area contributed by atoms with E-state index in [1.54, 1.807) is 11.3 Å². The van der Waals surface area contributed by atoms with Gasteiger partial charge in [-0.05, 0) is 34.7 Å². The summed E-state index contributed by atoms with van der Waals surface area (Å²) in [6.45, 7) is 4.06. The van der Waals surface area contributed by atoms with Gasteiger partial charge >= 0.3 is 0 Å². The Morgan fingerprint density at radius 3 is 2.43 bits per heavy atom. The molecule has 0 fully saturated rings. The molecule has 1 aromatic heterocycles. The second kappa shape index (κ2) is 3.99. The van der Waals surface area contributed by atoms with Gasteiger partial charge in [0.15, 0.2) is 0 Å². The minimum absolute atomic E-state index is 0.757. The molecule has 0 saturated carbocycles. The summed E-state index contributed by atoms with van der Waals surface area (Å²) < 4.78 is 0. The second-order valence-corrected chi connectivity index (χ2v) is 4.35. The Bertz CT molecular complexity index is 426. The van der Waals surface area contributed by atoms with E-state index in [1.165, 1.54) is 4.88 Å². The van der Waals surface area contributed by atoms with Gasteiger partial charge in [0, 0.05) is 9.90 Å². The predicted octanol–water partition coefficient (Wildman–Crippen LogP) is 4.46. The first kappa shape index (κ1) is 9.50. The highest BCUT2D eigenvalue weighted by Crippen LogP contribution is 2.26. The van der Waals surface area contributed by atoms with Crippen molar-refractivity contribution in [3.05, 3.63) is 63.8 Å². The molecule has 0 nitrogen and oxygen atoms in total. The van der Waals surface area contributed by atoms with E-state index in [4.69, 9.17) is 11.6 Å². The first-order valence-corrected chi connectivity index (χ1v) is 5.52. The molecule has 1 aromatic carbocycles. The van der Waals surface area contributed by atoms with Crippen LogP contribution in [0.15, 0.2) is 48.4 Å². The smallest absolute Gasteiger partial charge is 0.0406 e. The van der Waals surface area contributed by atoms with E-state index in [9.17, 15) is 0 Å². The molecule has 2 rings (SSSR count). The number of thiophene rings is 1. The van der Waals surface area contributed by atoms with Gasteiger partial charge in [-0.3, -0.25) is 0 Å². The third-order valence-corrected chi connectivity index (χ3v) is 3.19. The molecule has 0 bridgehead atoms. The van der Waals surface area contributed by atoms with E-state index < -0.39 is 0 Å². The molecule has 0 atom stereocenters. The van der Waals surface area contributed by atoms with E-state index in [-0.39, 0.29) is 0 Å². The van der Waals surface area contributed by atoms with Gasteiger partial charge in [0.2, 0.25) is 0 Å². The lowest BCUT2D eigenvalue weighted by molar-refractivity contribution is 1.62. The van der Waals surface area contributed by atoms with Crippen LogP contribution in [0.2, 0.25) is 5.02 Å². The molecule has 0 spiro atoms. The maximum absolute atomic E-state index is 5.81. The number of benzene rings is 1. The van der Waals surface area contributed by atoms with Crippen molar-refractivity contribution in [3.63, 3.8) is 0 Å². The molecule has 0 radical (unpaired) electrons. The van der Waals surface area contributed by atoms with E-state index in [1.807, 2.05) is 30.3 Å². The van der Waals surface area contributed by atoms with E-state index in [0.717, 1.165) is 16.2 Å². The van der Waals surface area contributed by atoms with Crippen LogP contribution in [0.25, 0.3) is 5.57 Å². The molecule has 0 aliphatic rings. The van der Waals surface area contributed by atoms with Gasteiger partial charge in [-0.2, -0.15) is 0 Å². The van der Waals surface area contributed by atoms with Gasteiger partial charge < -0.3 is 0 Å². The highest BCUT2D eigenvalue weighted by atomic mass is 35.5. The van der Waals surface area contributed by atoms with Crippen LogP contribution in [-0.2, 0) is 0 Å². The van der Waals surface area contributed by atoms with Crippen LogP contribution in [0, 0.1) is 0 Å². The predicted molar refractivity (Wildman–Crippen MR) is 63.9 cm³/mol. The molecule has 2 aromatic rings. The van der Waals surface area contributed by atoms with Crippen LogP contribution in [0.5, 0.6) is 0 Å². The van der Waals surface area contributed by atoms with Crippen LogP contribution in [0.4, 0.5) is 0 Å². The summed E-state index contributed by atoms with van der Waals surface area (Å²) in [5.41, 5.74) is 2.17. The first-order valence-electron chi connectivity index (χ1n) is 4.26. The summed E-state index contributed by atoms with van der Waals surface area (Å²) in [5.74, 6) is 0. The highest BCUT2D eigenvalue weighted by molar-refractivity contribution is 7.11. The van der Waals surface area contributed by atoms with Crippen LogP contribution < -0.4 is 0 Å². The quantitative estimate of drug-likeness (QED) is 0.701. The van der Waals surface area contributed by atoms with E-state index in [0.29, 0.717) is 0 Å². The summed E-state index contributed by atoms with van der Waals surface area (Å²) >= 11 is 7.51. The molecule has 1 heterocycles. The Morgan fingerprint density at radius 1 is 1.14 bits per heavy atom. The number of hydrogen-bond acceptors (Lipinski definition) is 1. The van der Waals surface area contributed by atoms with Gasteiger partial charge in [0.25, 0.3) is 0 Å². The second-order valence-electron chi connectivity index (χ2n) is 2.96. The Labute approximate surface area is 92.5 Å². The molecule has 0 aliphatic heterocycles. The fourth-order valence-electron chi connectivity index (χ4n) is 1.24. The van der Waals surface area contributed by atoms with Crippen molar-refractivity contribution in [2.45, 2.75) is 0 Å². The largest absolute Gasteiger partial charge is 0.144 e. The Balaban J connectivity index is 2.33. The number of halogens is 1. The Hall–Kier alpha value is -1.05. The third-order valence-electron chi connectivity index (χ3n) is 2.01.